The Morgan fingerprint density at radius 1 is 1.40 bits per heavy atom. The minimum absolute atomic E-state index is 0.158. The lowest BCUT2D eigenvalue weighted by Crippen LogP contribution is -2.06. The van der Waals surface area contributed by atoms with Gasteiger partial charge in [-0.15, -0.1) is 0 Å². The second kappa shape index (κ2) is 4.36. The number of benzene rings is 1. The van der Waals surface area contributed by atoms with Crippen molar-refractivity contribution in [2.75, 3.05) is 0 Å². The van der Waals surface area contributed by atoms with Crippen LogP contribution in [0.5, 0.6) is 0 Å². The first-order valence-electron chi connectivity index (χ1n) is 6.02. The van der Waals surface area contributed by atoms with Gasteiger partial charge in [0.1, 0.15) is 0 Å². The van der Waals surface area contributed by atoms with Gasteiger partial charge in [-0.05, 0) is 49.3 Å². The predicted molar refractivity (Wildman–Crippen MR) is 64.8 cm³/mol. The topological polar surface area (TPSA) is 26.0 Å². The van der Waals surface area contributed by atoms with Crippen LogP contribution in [0.25, 0.3) is 0 Å². The van der Waals surface area contributed by atoms with Crippen LogP contribution in [-0.2, 0) is 6.42 Å². The second-order valence-electron chi connectivity index (χ2n) is 4.96. The molecule has 1 atom stereocenters. The maximum atomic E-state index is 5.90. The van der Waals surface area contributed by atoms with Crippen LogP contribution >= 0.6 is 0 Å². The lowest BCUT2D eigenvalue weighted by Gasteiger charge is -2.11. The van der Waals surface area contributed by atoms with E-state index in [1.165, 1.54) is 42.4 Å². The molecule has 0 aromatic heterocycles. The Morgan fingerprint density at radius 2 is 2.13 bits per heavy atom. The third-order valence-corrected chi connectivity index (χ3v) is 3.42. The molecule has 2 N–H and O–H groups in total. The van der Waals surface area contributed by atoms with E-state index in [9.17, 15) is 0 Å². The monoisotopic (exact) mass is 203 g/mol. The van der Waals surface area contributed by atoms with E-state index in [0.717, 1.165) is 5.92 Å². The van der Waals surface area contributed by atoms with Crippen molar-refractivity contribution in [1.82, 2.24) is 0 Å². The van der Waals surface area contributed by atoms with Crippen molar-refractivity contribution in [3.05, 3.63) is 34.9 Å². The van der Waals surface area contributed by atoms with Crippen LogP contribution in [0.2, 0.25) is 0 Å². The Bertz CT molecular complexity index is 337. The summed E-state index contributed by atoms with van der Waals surface area (Å²) in [5.41, 5.74) is 10.1. The van der Waals surface area contributed by atoms with Gasteiger partial charge < -0.3 is 5.73 Å². The molecule has 1 nitrogen and oxygen atoms in total. The minimum atomic E-state index is 0.158. The van der Waals surface area contributed by atoms with E-state index in [1.807, 2.05) is 0 Å². The van der Waals surface area contributed by atoms with Gasteiger partial charge in [0, 0.05) is 6.04 Å². The molecule has 0 heterocycles. The van der Waals surface area contributed by atoms with Crippen molar-refractivity contribution in [3.8, 4) is 0 Å². The summed E-state index contributed by atoms with van der Waals surface area (Å²) in [5, 5.41) is 0. The molecule has 1 aromatic rings. The summed E-state index contributed by atoms with van der Waals surface area (Å²) in [5.74, 6) is 1.02. The van der Waals surface area contributed by atoms with Gasteiger partial charge in [-0.1, -0.05) is 31.0 Å². The number of rotatable bonds is 4. The number of nitrogens with two attached hydrogens (primary N) is 1. The quantitative estimate of drug-likeness (QED) is 0.798. The highest BCUT2D eigenvalue weighted by molar-refractivity contribution is 5.32. The number of aryl methyl sites for hydroxylation is 2. The summed E-state index contributed by atoms with van der Waals surface area (Å²) in [6.45, 7) is 4.25. The van der Waals surface area contributed by atoms with Gasteiger partial charge in [-0.25, -0.2) is 0 Å². The van der Waals surface area contributed by atoms with Crippen molar-refractivity contribution in [3.63, 3.8) is 0 Å². The van der Waals surface area contributed by atoms with E-state index in [0.29, 0.717) is 0 Å². The van der Waals surface area contributed by atoms with Crippen molar-refractivity contribution in [1.29, 1.82) is 0 Å². The summed E-state index contributed by atoms with van der Waals surface area (Å²) < 4.78 is 0. The van der Waals surface area contributed by atoms with Gasteiger partial charge >= 0.3 is 0 Å². The molecule has 15 heavy (non-hydrogen) atoms. The van der Waals surface area contributed by atoms with Crippen molar-refractivity contribution < 1.29 is 0 Å². The van der Waals surface area contributed by atoms with E-state index < -0.39 is 0 Å². The maximum Gasteiger partial charge on any atom is 0.0266 e. The van der Waals surface area contributed by atoms with E-state index in [2.05, 4.69) is 32.0 Å². The standard InChI is InChI=1S/C14H21N/c1-10-3-7-14(11(2)15)9-13(10)8-6-12-4-5-12/h3,7,9,11-12H,4-6,8,15H2,1-2H3. The molecule has 0 saturated heterocycles. The first kappa shape index (κ1) is 10.7. The molecule has 1 fully saturated rings. The zero-order chi connectivity index (χ0) is 10.8. The SMILES string of the molecule is Cc1ccc(C(C)N)cc1CCC1CC1. The molecule has 2 rings (SSSR count). The highest BCUT2D eigenvalue weighted by Crippen LogP contribution is 2.34. The lowest BCUT2D eigenvalue weighted by atomic mass is 9.97. The average Bonchev–Trinajstić information content (AvgIpc) is 3.00. The highest BCUT2D eigenvalue weighted by Gasteiger charge is 2.20. The van der Waals surface area contributed by atoms with E-state index >= 15 is 0 Å². The van der Waals surface area contributed by atoms with Gasteiger partial charge in [0.15, 0.2) is 0 Å². The normalized spacial score (nSPS) is 17.8. The van der Waals surface area contributed by atoms with Gasteiger partial charge in [0.25, 0.3) is 0 Å². The van der Waals surface area contributed by atoms with Gasteiger partial charge in [-0.2, -0.15) is 0 Å². The Morgan fingerprint density at radius 3 is 2.73 bits per heavy atom. The smallest absolute Gasteiger partial charge is 0.0266 e. The van der Waals surface area contributed by atoms with Crippen LogP contribution in [-0.4, -0.2) is 0 Å². The largest absolute Gasteiger partial charge is 0.324 e. The predicted octanol–water partition coefficient (Wildman–Crippen LogP) is 3.36. The molecule has 0 spiro atoms. The molecule has 0 bridgehead atoms. The van der Waals surface area contributed by atoms with E-state index in [1.54, 1.807) is 0 Å². The maximum absolute atomic E-state index is 5.90. The first-order valence-corrected chi connectivity index (χ1v) is 6.02. The van der Waals surface area contributed by atoms with Crippen LogP contribution in [0.15, 0.2) is 18.2 Å². The molecular formula is C14H21N. The fourth-order valence-electron chi connectivity index (χ4n) is 2.01. The van der Waals surface area contributed by atoms with E-state index in [-0.39, 0.29) is 6.04 Å². The Balaban J connectivity index is 2.08. The van der Waals surface area contributed by atoms with Crippen LogP contribution in [0, 0.1) is 12.8 Å². The number of hydrogen-bond acceptors (Lipinski definition) is 1. The molecule has 1 aromatic carbocycles. The molecule has 0 radical (unpaired) electrons. The molecule has 1 aliphatic carbocycles. The molecule has 0 aliphatic heterocycles. The molecular weight excluding hydrogens is 182 g/mol. The van der Waals surface area contributed by atoms with Gasteiger partial charge in [0.05, 0.1) is 0 Å². The van der Waals surface area contributed by atoms with Gasteiger partial charge in [-0.3, -0.25) is 0 Å². The van der Waals surface area contributed by atoms with Crippen molar-refractivity contribution >= 4 is 0 Å². The van der Waals surface area contributed by atoms with Crippen LogP contribution in [0.4, 0.5) is 0 Å². The zero-order valence-electron chi connectivity index (χ0n) is 9.79. The minimum Gasteiger partial charge on any atom is -0.324 e. The summed E-state index contributed by atoms with van der Waals surface area (Å²) in [6.07, 6.45) is 5.50. The van der Waals surface area contributed by atoms with Crippen LogP contribution < -0.4 is 5.73 Å². The Labute approximate surface area is 92.7 Å². The summed E-state index contributed by atoms with van der Waals surface area (Å²) in [7, 11) is 0. The highest BCUT2D eigenvalue weighted by atomic mass is 14.6. The molecule has 1 unspecified atom stereocenters. The fourth-order valence-corrected chi connectivity index (χ4v) is 2.01. The second-order valence-corrected chi connectivity index (χ2v) is 4.96. The molecule has 82 valence electrons. The Hall–Kier alpha value is -0.820. The van der Waals surface area contributed by atoms with Crippen LogP contribution in [0.1, 0.15) is 48.9 Å². The van der Waals surface area contributed by atoms with Crippen molar-refractivity contribution in [2.45, 2.75) is 45.6 Å². The molecule has 0 amide bonds. The third-order valence-electron chi connectivity index (χ3n) is 3.42. The average molecular weight is 203 g/mol. The summed E-state index contributed by atoms with van der Waals surface area (Å²) in [6, 6.07) is 6.81. The molecule has 1 aliphatic rings. The zero-order valence-corrected chi connectivity index (χ0v) is 9.79. The third kappa shape index (κ3) is 2.82. The molecule has 1 heteroatoms. The molecule has 1 saturated carbocycles. The van der Waals surface area contributed by atoms with Gasteiger partial charge in [0.2, 0.25) is 0 Å². The van der Waals surface area contributed by atoms with Crippen LogP contribution in [0.3, 0.4) is 0 Å². The fraction of sp³-hybridized carbons (Fsp3) is 0.571. The summed E-state index contributed by atoms with van der Waals surface area (Å²) in [4.78, 5) is 0. The van der Waals surface area contributed by atoms with Crippen molar-refractivity contribution in [2.24, 2.45) is 11.7 Å². The summed E-state index contributed by atoms with van der Waals surface area (Å²) >= 11 is 0. The van der Waals surface area contributed by atoms with E-state index in [4.69, 9.17) is 5.73 Å². The number of hydrogen-bond donors (Lipinski definition) is 1. The lowest BCUT2D eigenvalue weighted by molar-refractivity contribution is 0.721. The first-order chi connectivity index (χ1) is 7.16. The Kier molecular flexibility index (Phi) is 3.11.